The van der Waals surface area contributed by atoms with Crippen molar-refractivity contribution in [3.63, 3.8) is 0 Å². The van der Waals surface area contributed by atoms with Crippen LogP contribution in [0.5, 0.6) is 0 Å². The molecule has 0 saturated carbocycles. The highest BCUT2D eigenvalue weighted by atomic mass is 32.2. The van der Waals surface area contributed by atoms with E-state index < -0.39 is 16.1 Å². The Hall–Kier alpha value is -2.60. The van der Waals surface area contributed by atoms with Gasteiger partial charge in [-0.05, 0) is 48.8 Å². The molecule has 0 spiro atoms. The third-order valence-corrected chi connectivity index (χ3v) is 6.74. The van der Waals surface area contributed by atoms with Gasteiger partial charge in [0.2, 0.25) is 0 Å². The van der Waals surface area contributed by atoms with E-state index in [9.17, 15) is 13.2 Å². The second-order valence-electron chi connectivity index (χ2n) is 8.18. The first-order valence-electron chi connectivity index (χ1n) is 11.1. The first-order chi connectivity index (χ1) is 15.0. The topological polar surface area (TPSA) is 66.5 Å². The van der Waals surface area contributed by atoms with Crippen LogP contribution in [0.2, 0.25) is 0 Å². The molecule has 0 aromatic heterocycles. The number of amides is 2. The summed E-state index contributed by atoms with van der Waals surface area (Å²) in [7, 11) is -3.81. The Labute approximate surface area is 186 Å². The Kier molecular flexibility index (Phi) is 8.71. The zero-order valence-corrected chi connectivity index (χ0v) is 18.8. The van der Waals surface area contributed by atoms with Crippen LogP contribution in [0.15, 0.2) is 66.1 Å². The van der Waals surface area contributed by atoms with Crippen molar-refractivity contribution in [1.29, 1.82) is 0 Å². The number of carbonyl (C=O) groups is 1. The average Bonchev–Trinajstić information content (AvgIpc) is 2.79. The van der Waals surface area contributed by atoms with Crippen molar-refractivity contribution in [1.82, 2.24) is 9.62 Å². The lowest BCUT2D eigenvalue weighted by molar-refractivity contribution is 0.172. The summed E-state index contributed by atoms with van der Waals surface area (Å²) in [6.07, 6.45) is 9.32. The maximum atomic E-state index is 12.4. The molecular formula is C25H32N2O3S. The lowest BCUT2D eigenvalue weighted by atomic mass is 9.91. The molecule has 166 valence electrons. The van der Waals surface area contributed by atoms with Crippen molar-refractivity contribution in [2.45, 2.75) is 44.9 Å². The summed E-state index contributed by atoms with van der Waals surface area (Å²) in [6.45, 7) is 1.22. The highest BCUT2D eigenvalue weighted by Crippen LogP contribution is 2.23. The predicted molar refractivity (Wildman–Crippen MR) is 126 cm³/mol. The fraction of sp³-hybridized carbons (Fsp3) is 0.400. The monoisotopic (exact) mass is 440 g/mol. The molecule has 1 aliphatic heterocycles. The van der Waals surface area contributed by atoms with Crippen LogP contribution in [-0.2, 0) is 16.4 Å². The zero-order valence-electron chi connectivity index (χ0n) is 17.9. The third-order valence-electron chi connectivity index (χ3n) is 5.79. The van der Waals surface area contributed by atoms with Gasteiger partial charge in [-0.2, -0.15) is 0 Å². The van der Waals surface area contributed by atoms with Gasteiger partial charge in [-0.25, -0.2) is 17.9 Å². The van der Waals surface area contributed by atoms with Gasteiger partial charge in [0.1, 0.15) is 0 Å². The summed E-state index contributed by atoms with van der Waals surface area (Å²) < 4.78 is 26.5. The number of hydrogen-bond donors (Lipinski definition) is 1. The van der Waals surface area contributed by atoms with E-state index in [2.05, 4.69) is 29.0 Å². The van der Waals surface area contributed by atoms with E-state index in [1.807, 2.05) is 24.3 Å². The number of hydrogen-bond acceptors (Lipinski definition) is 3. The van der Waals surface area contributed by atoms with Crippen LogP contribution in [0.4, 0.5) is 4.79 Å². The van der Waals surface area contributed by atoms with Gasteiger partial charge in [0.05, 0.1) is 5.41 Å². The molecule has 1 N–H and O–H groups in total. The number of nitrogens with one attached hydrogen (secondary N) is 1. The largest absolute Gasteiger partial charge is 0.331 e. The van der Waals surface area contributed by atoms with E-state index in [0.717, 1.165) is 30.2 Å². The summed E-state index contributed by atoms with van der Waals surface area (Å²) in [5, 5.41) is 1.04. The molecule has 2 amide bonds. The number of urea groups is 1. The van der Waals surface area contributed by atoms with E-state index in [4.69, 9.17) is 0 Å². The van der Waals surface area contributed by atoms with Crippen molar-refractivity contribution in [3.05, 3.63) is 77.2 Å². The number of sulfonamides is 1. The summed E-state index contributed by atoms with van der Waals surface area (Å²) in [4.78, 5) is 14.0. The van der Waals surface area contributed by atoms with Gasteiger partial charge >= 0.3 is 6.03 Å². The van der Waals surface area contributed by atoms with Gasteiger partial charge in [0.25, 0.3) is 10.0 Å². The maximum Gasteiger partial charge on any atom is 0.331 e. The molecule has 1 saturated heterocycles. The Bertz CT molecular complexity index is 935. The number of rotatable bonds is 9. The molecule has 31 heavy (non-hydrogen) atoms. The van der Waals surface area contributed by atoms with Gasteiger partial charge in [-0.3, -0.25) is 0 Å². The quantitative estimate of drug-likeness (QED) is 0.544. The zero-order chi connectivity index (χ0) is 21.9. The van der Waals surface area contributed by atoms with Crippen molar-refractivity contribution >= 4 is 22.1 Å². The number of nitrogens with zero attached hydrogens (tertiary/aromatic N) is 1. The number of aryl methyl sites for hydroxylation is 1. The summed E-state index contributed by atoms with van der Waals surface area (Å²) in [5.74, 6) is 0.621. The summed E-state index contributed by atoms with van der Waals surface area (Å²) in [5.41, 5.74) is 2.17. The molecule has 0 atom stereocenters. The first-order valence-corrected chi connectivity index (χ1v) is 12.7. The first kappa shape index (κ1) is 23.1. The molecule has 1 fully saturated rings. The van der Waals surface area contributed by atoms with Gasteiger partial charge < -0.3 is 4.90 Å². The van der Waals surface area contributed by atoms with Crippen LogP contribution in [0.1, 0.15) is 49.7 Å². The van der Waals surface area contributed by atoms with Gasteiger partial charge in [-0.15, -0.1) is 0 Å². The van der Waals surface area contributed by atoms with E-state index >= 15 is 0 Å². The molecule has 0 aliphatic carbocycles. The van der Waals surface area contributed by atoms with Gasteiger partial charge in [0.15, 0.2) is 0 Å². The number of likely N-dealkylation sites (tertiary alicyclic amines) is 1. The minimum absolute atomic E-state index is 0.529. The molecule has 0 unspecified atom stereocenters. The molecule has 3 rings (SSSR count). The van der Waals surface area contributed by atoms with Crippen molar-refractivity contribution in [3.8, 4) is 0 Å². The Morgan fingerprint density at radius 1 is 0.935 bits per heavy atom. The molecule has 6 heteroatoms. The maximum absolute atomic E-state index is 12.4. The van der Waals surface area contributed by atoms with Crippen LogP contribution in [0.3, 0.4) is 0 Å². The van der Waals surface area contributed by atoms with Gasteiger partial charge in [-0.1, -0.05) is 79.9 Å². The van der Waals surface area contributed by atoms with Crippen LogP contribution in [0.25, 0.3) is 6.08 Å². The molecule has 1 heterocycles. The minimum atomic E-state index is -3.81. The van der Waals surface area contributed by atoms with E-state index in [-0.39, 0.29) is 0 Å². The molecule has 1 aliphatic rings. The lowest BCUT2D eigenvalue weighted by Gasteiger charge is -2.31. The van der Waals surface area contributed by atoms with Crippen molar-refractivity contribution in [2.24, 2.45) is 5.92 Å². The van der Waals surface area contributed by atoms with Gasteiger partial charge in [0, 0.05) is 13.1 Å². The molecule has 5 nitrogen and oxygen atoms in total. The van der Waals surface area contributed by atoms with E-state index in [0.29, 0.717) is 19.0 Å². The normalized spacial score (nSPS) is 15.3. The molecule has 0 bridgehead atoms. The SMILES string of the molecule is O=C(NS(=O)(=O)C=Cc1ccccc1)N1CCC(CCCCCc2ccccc2)CC1. The number of carbonyl (C=O) groups excluding carboxylic acids is 1. The molecule has 2 aromatic rings. The predicted octanol–water partition coefficient (Wildman–Crippen LogP) is 5.21. The Morgan fingerprint density at radius 2 is 1.58 bits per heavy atom. The number of piperidine rings is 1. The lowest BCUT2D eigenvalue weighted by Crippen LogP contribution is -2.45. The van der Waals surface area contributed by atoms with Crippen LogP contribution < -0.4 is 4.72 Å². The van der Waals surface area contributed by atoms with E-state index in [1.165, 1.54) is 37.3 Å². The molecule has 2 aromatic carbocycles. The van der Waals surface area contributed by atoms with E-state index in [1.54, 1.807) is 17.0 Å². The van der Waals surface area contributed by atoms with Crippen LogP contribution in [0, 0.1) is 5.92 Å². The minimum Gasteiger partial charge on any atom is -0.324 e. The number of unbranched alkanes of at least 4 members (excludes halogenated alkanes) is 2. The molecule has 0 radical (unpaired) electrons. The van der Waals surface area contributed by atoms with Crippen molar-refractivity contribution in [2.75, 3.05) is 13.1 Å². The van der Waals surface area contributed by atoms with Crippen LogP contribution in [-0.4, -0.2) is 32.4 Å². The standard InChI is InChI=1S/C25H32N2O3S/c28-25(26-31(29,30)21-18-23-13-7-3-8-14-23)27-19-16-24(17-20-27)15-9-2-6-12-22-10-4-1-5-11-22/h1,3-5,7-8,10-11,13-14,18,21,24H,2,6,9,12,15-17,19-20H2,(H,26,28). The Balaban J connectivity index is 1.33. The highest BCUT2D eigenvalue weighted by Gasteiger charge is 2.24. The fourth-order valence-corrected chi connectivity index (χ4v) is 4.74. The smallest absolute Gasteiger partial charge is 0.324 e. The average molecular weight is 441 g/mol. The summed E-state index contributed by atoms with van der Waals surface area (Å²) in [6, 6.07) is 19.2. The Morgan fingerprint density at radius 3 is 2.26 bits per heavy atom. The second kappa shape index (κ2) is 11.7. The third kappa shape index (κ3) is 8.21. The second-order valence-corrected chi connectivity index (χ2v) is 9.75. The number of benzene rings is 2. The molecular weight excluding hydrogens is 408 g/mol. The summed E-state index contributed by atoms with van der Waals surface area (Å²) >= 11 is 0. The van der Waals surface area contributed by atoms with Crippen molar-refractivity contribution < 1.29 is 13.2 Å². The highest BCUT2D eigenvalue weighted by molar-refractivity contribution is 7.93. The van der Waals surface area contributed by atoms with Crippen LogP contribution >= 0.6 is 0 Å². The fourth-order valence-electron chi connectivity index (χ4n) is 3.96.